The zero-order valence-electron chi connectivity index (χ0n) is 17.5. The molecule has 170 valence electrons. The monoisotopic (exact) mass is 480 g/mol. The van der Waals surface area contributed by atoms with E-state index in [-0.39, 0.29) is 16.9 Å². The van der Waals surface area contributed by atoms with Gasteiger partial charge in [-0.25, -0.2) is 22.5 Å². The van der Waals surface area contributed by atoms with Crippen molar-refractivity contribution in [2.24, 2.45) is 0 Å². The van der Waals surface area contributed by atoms with Crippen LogP contribution in [0.2, 0.25) is 0 Å². The molecule has 3 rings (SSSR count). The van der Waals surface area contributed by atoms with Crippen LogP contribution in [0.15, 0.2) is 53.8 Å². The molecule has 2 heterocycles. The quantitative estimate of drug-likeness (QED) is 0.507. The lowest BCUT2D eigenvalue weighted by atomic mass is 10.0. The second-order valence-corrected chi connectivity index (χ2v) is 10.5. The summed E-state index contributed by atoms with van der Waals surface area (Å²) in [7, 11) is -6.04. The van der Waals surface area contributed by atoms with Crippen molar-refractivity contribution < 1.29 is 26.0 Å². The summed E-state index contributed by atoms with van der Waals surface area (Å²) in [6.45, 7) is 1.78. The Kier molecular flexibility index (Phi) is 6.77. The van der Waals surface area contributed by atoms with Crippen LogP contribution in [-0.4, -0.2) is 40.1 Å². The molecule has 0 spiro atoms. The largest absolute Gasteiger partial charge is 0.455 e. The fourth-order valence-electron chi connectivity index (χ4n) is 2.78. The predicted molar refractivity (Wildman–Crippen MR) is 117 cm³/mol. The number of nitrogens with one attached hydrogen (secondary N) is 2. The van der Waals surface area contributed by atoms with E-state index in [1.165, 1.54) is 49.8 Å². The molecule has 0 aliphatic heterocycles. The number of sulfone groups is 1. The van der Waals surface area contributed by atoms with Crippen molar-refractivity contribution in [2.45, 2.75) is 18.2 Å². The highest BCUT2D eigenvalue weighted by atomic mass is 32.2. The second-order valence-electron chi connectivity index (χ2n) is 6.89. The van der Waals surface area contributed by atoms with E-state index in [1.807, 2.05) is 9.44 Å². The maximum absolute atomic E-state index is 14.8. The zero-order chi connectivity index (χ0) is 23.5. The molecule has 0 atom stereocenters. The highest BCUT2D eigenvalue weighted by Crippen LogP contribution is 2.29. The number of aromatic nitrogens is 2. The van der Waals surface area contributed by atoms with Crippen molar-refractivity contribution >= 4 is 25.9 Å². The average Bonchev–Trinajstić information content (AvgIpc) is 2.73. The highest BCUT2D eigenvalue weighted by Gasteiger charge is 2.17. The summed E-state index contributed by atoms with van der Waals surface area (Å²) in [4.78, 5) is 8.06. The van der Waals surface area contributed by atoms with Crippen LogP contribution in [0.3, 0.4) is 0 Å². The van der Waals surface area contributed by atoms with Gasteiger partial charge in [-0.3, -0.25) is 9.71 Å². The van der Waals surface area contributed by atoms with Gasteiger partial charge in [0, 0.05) is 32.1 Å². The number of pyridine rings is 2. The standard InChI is InChI=1S/C20H21FN4O5S2/c1-13-15(10-14-8-9-24-20(19(14)21)25-32(28,29)22-2)11-23-12-18(13)30-16-4-6-17(7-5-16)31(3,26)27/h4-9,11-12,22H,10H2,1-3H3,(H,24,25). The van der Waals surface area contributed by atoms with Crippen LogP contribution < -0.4 is 14.2 Å². The molecule has 0 unspecified atom stereocenters. The van der Waals surface area contributed by atoms with E-state index >= 15 is 0 Å². The third-order valence-electron chi connectivity index (χ3n) is 4.60. The second kappa shape index (κ2) is 9.18. The average molecular weight is 481 g/mol. The van der Waals surface area contributed by atoms with E-state index in [0.29, 0.717) is 22.6 Å². The summed E-state index contributed by atoms with van der Waals surface area (Å²) in [6.07, 6.45) is 5.60. The molecule has 0 aliphatic carbocycles. The first-order valence-electron chi connectivity index (χ1n) is 9.26. The van der Waals surface area contributed by atoms with Crippen molar-refractivity contribution in [2.75, 3.05) is 18.0 Å². The van der Waals surface area contributed by atoms with E-state index < -0.39 is 31.7 Å². The minimum atomic E-state index is -3.92. The number of halogens is 1. The predicted octanol–water partition coefficient (Wildman–Crippen LogP) is 2.59. The van der Waals surface area contributed by atoms with Crippen LogP contribution in [0.25, 0.3) is 0 Å². The van der Waals surface area contributed by atoms with Crippen molar-refractivity contribution in [3.63, 3.8) is 0 Å². The molecule has 1 aromatic carbocycles. The topological polar surface area (TPSA) is 127 Å². The van der Waals surface area contributed by atoms with Gasteiger partial charge in [-0.2, -0.15) is 8.42 Å². The Morgan fingerprint density at radius 1 is 1.03 bits per heavy atom. The van der Waals surface area contributed by atoms with Crippen LogP contribution in [-0.2, 0) is 26.5 Å². The first kappa shape index (κ1) is 23.6. The van der Waals surface area contributed by atoms with Crippen LogP contribution in [0.1, 0.15) is 16.7 Å². The minimum absolute atomic E-state index is 0.117. The van der Waals surface area contributed by atoms with E-state index in [1.54, 1.807) is 13.1 Å². The Morgan fingerprint density at radius 2 is 1.72 bits per heavy atom. The molecule has 0 fully saturated rings. The summed E-state index contributed by atoms with van der Waals surface area (Å²) >= 11 is 0. The van der Waals surface area contributed by atoms with Crippen LogP contribution in [0.5, 0.6) is 11.5 Å². The lowest BCUT2D eigenvalue weighted by Crippen LogP contribution is -2.27. The van der Waals surface area contributed by atoms with Crippen LogP contribution >= 0.6 is 0 Å². The number of hydrogen-bond donors (Lipinski definition) is 2. The van der Waals surface area contributed by atoms with Gasteiger partial charge < -0.3 is 4.74 Å². The van der Waals surface area contributed by atoms with Crippen molar-refractivity contribution in [3.8, 4) is 11.5 Å². The first-order valence-corrected chi connectivity index (χ1v) is 12.6. The summed E-state index contributed by atoms with van der Waals surface area (Å²) in [5.74, 6) is -0.382. The van der Waals surface area contributed by atoms with Crippen molar-refractivity contribution in [3.05, 3.63) is 71.4 Å². The smallest absolute Gasteiger partial charge is 0.300 e. The number of nitrogens with zero attached hydrogens (tertiary/aromatic N) is 2. The van der Waals surface area contributed by atoms with E-state index in [2.05, 4.69) is 9.97 Å². The maximum Gasteiger partial charge on any atom is 0.300 e. The van der Waals surface area contributed by atoms with Crippen LogP contribution in [0.4, 0.5) is 10.2 Å². The van der Waals surface area contributed by atoms with Gasteiger partial charge in [0.05, 0.1) is 11.1 Å². The minimum Gasteiger partial charge on any atom is -0.455 e. The van der Waals surface area contributed by atoms with E-state index in [4.69, 9.17) is 4.74 Å². The fourth-order valence-corrected chi connectivity index (χ4v) is 3.91. The Balaban J connectivity index is 1.85. The molecule has 0 bridgehead atoms. The SMILES string of the molecule is CNS(=O)(=O)Nc1nccc(Cc2cncc(Oc3ccc(S(C)(=O)=O)cc3)c2C)c1F. The zero-order valence-corrected chi connectivity index (χ0v) is 19.1. The molecule has 9 nitrogen and oxygen atoms in total. The number of ether oxygens (including phenoxy) is 1. The maximum atomic E-state index is 14.8. The fraction of sp³-hybridized carbons (Fsp3) is 0.200. The summed E-state index contributed by atoms with van der Waals surface area (Å²) in [5, 5.41) is 0. The van der Waals surface area contributed by atoms with E-state index in [0.717, 1.165) is 6.26 Å². The van der Waals surface area contributed by atoms with E-state index in [9.17, 15) is 21.2 Å². The summed E-state index contributed by atoms with van der Waals surface area (Å²) < 4.78 is 71.2. The van der Waals surface area contributed by atoms with Gasteiger partial charge in [0.25, 0.3) is 10.2 Å². The van der Waals surface area contributed by atoms with Crippen LogP contribution in [0, 0.1) is 12.7 Å². The van der Waals surface area contributed by atoms with Gasteiger partial charge >= 0.3 is 0 Å². The molecule has 0 saturated heterocycles. The molecule has 2 aromatic heterocycles. The molecular formula is C20H21FN4O5S2. The Bertz CT molecular complexity index is 1340. The Hall–Kier alpha value is -3.09. The molecule has 0 amide bonds. The number of rotatable bonds is 8. The molecule has 3 aromatic rings. The molecular weight excluding hydrogens is 459 g/mol. The van der Waals surface area contributed by atoms with Gasteiger partial charge in [-0.05, 0) is 53.9 Å². The lowest BCUT2D eigenvalue weighted by molar-refractivity contribution is 0.475. The van der Waals surface area contributed by atoms with Gasteiger partial charge in [0.2, 0.25) is 0 Å². The molecule has 0 radical (unpaired) electrons. The number of anilines is 1. The van der Waals surface area contributed by atoms with Gasteiger partial charge in [0.15, 0.2) is 21.5 Å². The van der Waals surface area contributed by atoms with Crippen molar-refractivity contribution in [1.29, 1.82) is 0 Å². The Labute approximate surface area is 185 Å². The Morgan fingerprint density at radius 3 is 2.34 bits per heavy atom. The third-order valence-corrected chi connectivity index (χ3v) is 6.73. The highest BCUT2D eigenvalue weighted by molar-refractivity contribution is 7.91. The van der Waals surface area contributed by atoms with Crippen molar-refractivity contribution in [1.82, 2.24) is 14.7 Å². The molecule has 2 N–H and O–H groups in total. The number of hydrogen-bond acceptors (Lipinski definition) is 7. The summed E-state index contributed by atoms with van der Waals surface area (Å²) in [5.41, 5.74) is 1.57. The normalized spacial score (nSPS) is 11.9. The molecule has 0 saturated carbocycles. The summed E-state index contributed by atoms with van der Waals surface area (Å²) in [6, 6.07) is 7.40. The third kappa shape index (κ3) is 5.58. The molecule has 12 heteroatoms. The van der Waals surface area contributed by atoms with Gasteiger partial charge in [-0.1, -0.05) is 0 Å². The number of benzene rings is 1. The lowest BCUT2D eigenvalue weighted by Gasteiger charge is -2.13. The van der Waals surface area contributed by atoms with Gasteiger partial charge in [-0.15, -0.1) is 0 Å². The molecule has 32 heavy (non-hydrogen) atoms. The molecule has 0 aliphatic rings. The first-order chi connectivity index (χ1) is 15.0. The van der Waals surface area contributed by atoms with Gasteiger partial charge in [0.1, 0.15) is 11.5 Å².